The fraction of sp³-hybridized carbons (Fsp3) is 0.250. The van der Waals surface area contributed by atoms with E-state index in [1.807, 2.05) is 10.6 Å². The van der Waals surface area contributed by atoms with Crippen LogP contribution in [0, 0.1) is 0 Å². The average molecular weight is 143 g/mol. The van der Waals surface area contributed by atoms with Gasteiger partial charge in [0, 0.05) is 0 Å². The highest BCUT2D eigenvalue weighted by atomic mass is 16.2. The van der Waals surface area contributed by atoms with Crippen LogP contribution >= 0.6 is 0 Å². The Bertz CT molecular complexity index is 212. The number of hydrogen-bond donors (Lipinski definition) is 3. The number of carbonyl (C=O) groups is 3. The van der Waals surface area contributed by atoms with E-state index in [9.17, 15) is 14.4 Å². The molecule has 0 aromatic carbocycles. The molecule has 0 aromatic heterocycles. The number of primary amides is 1. The van der Waals surface area contributed by atoms with Crippen molar-refractivity contribution in [1.82, 2.24) is 10.6 Å². The van der Waals surface area contributed by atoms with E-state index in [1.165, 1.54) is 0 Å². The molecule has 0 aliphatic carbocycles. The van der Waals surface area contributed by atoms with Crippen molar-refractivity contribution in [2.45, 2.75) is 6.04 Å². The molecule has 0 radical (unpaired) electrons. The van der Waals surface area contributed by atoms with Crippen LogP contribution in [0.1, 0.15) is 0 Å². The molecule has 1 aliphatic heterocycles. The summed E-state index contributed by atoms with van der Waals surface area (Å²) in [5.41, 5.74) is 4.74. The lowest BCUT2D eigenvalue weighted by Gasteiger charge is -1.97. The largest absolute Gasteiger partial charge is 0.367 e. The molecule has 1 saturated heterocycles. The second-order valence-electron chi connectivity index (χ2n) is 1.80. The lowest BCUT2D eigenvalue weighted by atomic mass is 10.3. The maximum absolute atomic E-state index is 10.5. The average Bonchev–Trinajstić information content (AvgIpc) is 2.10. The van der Waals surface area contributed by atoms with E-state index in [0.29, 0.717) is 0 Å². The molecule has 1 rings (SSSR count). The number of imide groups is 1. The van der Waals surface area contributed by atoms with Crippen LogP contribution in [-0.4, -0.2) is 23.9 Å². The molecule has 0 bridgehead atoms. The summed E-state index contributed by atoms with van der Waals surface area (Å²) < 4.78 is 0. The predicted octanol–water partition coefficient (Wildman–Crippen LogP) is -2.32. The maximum Gasteiger partial charge on any atom is 0.322 e. The van der Waals surface area contributed by atoms with Crippen molar-refractivity contribution in [1.29, 1.82) is 0 Å². The Morgan fingerprint density at radius 3 is 2.30 bits per heavy atom. The summed E-state index contributed by atoms with van der Waals surface area (Å²) in [6.07, 6.45) is 0. The van der Waals surface area contributed by atoms with Crippen molar-refractivity contribution in [3.63, 3.8) is 0 Å². The third-order valence-electron chi connectivity index (χ3n) is 1.06. The zero-order valence-corrected chi connectivity index (χ0v) is 4.88. The minimum Gasteiger partial charge on any atom is -0.367 e. The second-order valence-corrected chi connectivity index (χ2v) is 1.80. The van der Waals surface area contributed by atoms with Gasteiger partial charge >= 0.3 is 6.03 Å². The number of urea groups is 1. The molecule has 0 aromatic rings. The Hall–Kier alpha value is -1.59. The zero-order chi connectivity index (χ0) is 7.72. The number of carbonyl (C=O) groups excluding carboxylic acids is 3. The maximum atomic E-state index is 10.5. The van der Waals surface area contributed by atoms with Crippen molar-refractivity contribution < 1.29 is 14.4 Å². The first kappa shape index (κ1) is 6.53. The van der Waals surface area contributed by atoms with Gasteiger partial charge in [0.1, 0.15) is 0 Å². The van der Waals surface area contributed by atoms with Crippen molar-refractivity contribution in [3.05, 3.63) is 0 Å². The molecule has 0 unspecified atom stereocenters. The van der Waals surface area contributed by atoms with Crippen molar-refractivity contribution in [2.75, 3.05) is 0 Å². The van der Waals surface area contributed by atoms with Crippen LogP contribution in [0.25, 0.3) is 0 Å². The van der Waals surface area contributed by atoms with Gasteiger partial charge in [0.05, 0.1) is 0 Å². The molecule has 1 aliphatic rings. The fourth-order valence-electron chi connectivity index (χ4n) is 0.617. The van der Waals surface area contributed by atoms with Crippen LogP contribution < -0.4 is 16.4 Å². The summed E-state index contributed by atoms with van der Waals surface area (Å²) in [6, 6.07) is -1.89. The molecule has 1 heterocycles. The highest BCUT2D eigenvalue weighted by Gasteiger charge is 2.33. The standard InChI is InChI=1S/C4H5N3O3/c5-2(8)1-3(9)7-4(10)6-1/h1H,(H2,5,8)(H2,6,7,9,10)/t1-/m0/s1. The molecular formula is C4H5N3O3. The van der Waals surface area contributed by atoms with Gasteiger partial charge < -0.3 is 11.1 Å². The second kappa shape index (κ2) is 1.98. The summed E-state index contributed by atoms with van der Waals surface area (Å²) in [5.74, 6) is -1.55. The third-order valence-corrected chi connectivity index (χ3v) is 1.06. The van der Waals surface area contributed by atoms with E-state index < -0.39 is 23.9 Å². The summed E-state index contributed by atoms with van der Waals surface area (Å²) in [7, 11) is 0. The van der Waals surface area contributed by atoms with Gasteiger partial charge in [-0.15, -0.1) is 0 Å². The minimum absolute atomic E-state index is 0.686. The van der Waals surface area contributed by atoms with E-state index in [2.05, 4.69) is 0 Å². The van der Waals surface area contributed by atoms with Gasteiger partial charge in [-0.3, -0.25) is 14.9 Å². The lowest BCUT2D eigenvalue weighted by Crippen LogP contribution is -2.41. The molecule has 1 fully saturated rings. The number of amides is 4. The summed E-state index contributed by atoms with van der Waals surface area (Å²) in [5, 5.41) is 3.89. The first-order valence-corrected chi connectivity index (χ1v) is 2.52. The SMILES string of the molecule is NC(=O)[C@@H]1NC(=O)NC1=O. The van der Waals surface area contributed by atoms with Crippen molar-refractivity contribution in [3.8, 4) is 0 Å². The number of nitrogens with one attached hydrogen (secondary N) is 2. The first-order valence-electron chi connectivity index (χ1n) is 2.52. The lowest BCUT2D eigenvalue weighted by molar-refractivity contribution is -0.128. The van der Waals surface area contributed by atoms with Gasteiger partial charge in [0.15, 0.2) is 6.04 Å². The quantitative estimate of drug-likeness (QED) is 0.283. The van der Waals surface area contributed by atoms with Crippen LogP contribution in [0.4, 0.5) is 4.79 Å². The Morgan fingerprint density at radius 1 is 1.50 bits per heavy atom. The number of nitrogens with two attached hydrogens (primary N) is 1. The molecule has 6 heteroatoms. The third kappa shape index (κ3) is 0.903. The van der Waals surface area contributed by atoms with E-state index in [0.717, 1.165) is 0 Å². The highest BCUT2D eigenvalue weighted by molar-refractivity contribution is 6.15. The summed E-state index contributed by atoms with van der Waals surface area (Å²) in [4.78, 5) is 31.2. The van der Waals surface area contributed by atoms with E-state index in [-0.39, 0.29) is 0 Å². The number of rotatable bonds is 1. The molecule has 1 atom stereocenters. The van der Waals surface area contributed by atoms with Gasteiger partial charge in [0.25, 0.3) is 5.91 Å². The van der Waals surface area contributed by atoms with Crippen LogP contribution in [0.15, 0.2) is 0 Å². The smallest absolute Gasteiger partial charge is 0.322 e. The van der Waals surface area contributed by atoms with E-state index >= 15 is 0 Å². The molecule has 6 nitrogen and oxygen atoms in total. The minimum atomic E-state index is -1.20. The summed E-state index contributed by atoms with van der Waals surface area (Å²) >= 11 is 0. The molecule has 0 saturated carbocycles. The first-order chi connectivity index (χ1) is 4.61. The normalized spacial score (nSPS) is 23.8. The van der Waals surface area contributed by atoms with Gasteiger partial charge in [-0.1, -0.05) is 0 Å². The van der Waals surface area contributed by atoms with Crippen molar-refractivity contribution >= 4 is 17.8 Å². The van der Waals surface area contributed by atoms with Crippen LogP contribution in [-0.2, 0) is 9.59 Å². The fourth-order valence-corrected chi connectivity index (χ4v) is 0.617. The van der Waals surface area contributed by atoms with Gasteiger partial charge in [-0.05, 0) is 0 Å². The molecule has 4 amide bonds. The van der Waals surface area contributed by atoms with E-state index in [4.69, 9.17) is 5.73 Å². The Labute approximate surface area is 55.8 Å². The van der Waals surface area contributed by atoms with Gasteiger partial charge in [0.2, 0.25) is 5.91 Å². The van der Waals surface area contributed by atoms with Gasteiger partial charge in [-0.25, -0.2) is 4.79 Å². The Balaban J connectivity index is 2.72. The molecule has 54 valence electrons. The molecule has 0 spiro atoms. The Morgan fingerprint density at radius 2 is 2.10 bits per heavy atom. The predicted molar refractivity (Wildman–Crippen MR) is 29.7 cm³/mol. The van der Waals surface area contributed by atoms with E-state index in [1.54, 1.807) is 0 Å². The van der Waals surface area contributed by atoms with Crippen LogP contribution in [0.5, 0.6) is 0 Å². The molecule has 10 heavy (non-hydrogen) atoms. The van der Waals surface area contributed by atoms with Gasteiger partial charge in [-0.2, -0.15) is 0 Å². The Kier molecular flexibility index (Phi) is 1.29. The molecule has 4 N–H and O–H groups in total. The van der Waals surface area contributed by atoms with Crippen molar-refractivity contribution in [2.24, 2.45) is 5.73 Å². The monoisotopic (exact) mass is 143 g/mol. The highest BCUT2D eigenvalue weighted by Crippen LogP contribution is 1.89. The summed E-state index contributed by atoms with van der Waals surface area (Å²) in [6.45, 7) is 0. The molecular weight excluding hydrogens is 138 g/mol. The van der Waals surface area contributed by atoms with Crippen LogP contribution in [0.3, 0.4) is 0 Å². The zero-order valence-electron chi connectivity index (χ0n) is 4.88. The number of hydrogen-bond acceptors (Lipinski definition) is 3. The van der Waals surface area contributed by atoms with Crippen LogP contribution in [0.2, 0.25) is 0 Å². The topological polar surface area (TPSA) is 101 Å².